The fourth-order valence-electron chi connectivity index (χ4n) is 7.12. The minimum atomic E-state index is -0.141. The smallest absolute Gasteiger partial charge is 0.624 e. The molecular formula is C32H30FeN8. The van der Waals surface area contributed by atoms with Gasteiger partial charge in [-0.1, -0.05) is 122 Å². The number of rotatable bonds is 0. The molecule has 8 bridgehead atoms. The maximum atomic E-state index is 5.28. The second kappa shape index (κ2) is 10.1. The second-order valence-electron chi connectivity index (χ2n) is 11.2. The molecule has 9 heteroatoms. The van der Waals surface area contributed by atoms with E-state index in [9.17, 15) is 0 Å². The van der Waals surface area contributed by atoms with E-state index >= 15 is 0 Å². The second-order valence-corrected chi connectivity index (χ2v) is 11.2. The van der Waals surface area contributed by atoms with Crippen molar-refractivity contribution in [1.29, 1.82) is 0 Å². The van der Waals surface area contributed by atoms with Crippen molar-refractivity contribution in [3.05, 3.63) is 152 Å². The van der Waals surface area contributed by atoms with Crippen LogP contribution in [0.5, 0.6) is 0 Å². The van der Waals surface area contributed by atoms with Gasteiger partial charge in [-0.05, 0) is 44.5 Å². The fraction of sp³-hybridized carbons (Fsp3) is 0.250. The van der Waals surface area contributed by atoms with Crippen LogP contribution in [0, 0.1) is 0 Å². The average Bonchev–Trinajstić information content (AvgIpc) is 3.73. The van der Waals surface area contributed by atoms with Crippen molar-refractivity contribution in [3.8, 4) is 0 Å². The summed E-state index contributed by atoms with van der Waals surface area (Å²) < 4.78 is 0. The van der Waals surface area contributed by atoms with E-state index in [4.69, 9.17) is 10.6 Å². The van der Waals surface area contributed by atoms with Gasteiger partial charge in [0.1, 0.15) is 0 Å². The molecule has 8 atom stereocenters. The van der Waals surface area contributed by atoms with Crippen molar-refractivity contribution in [2.24, 2.45) is 0 Å². The topological polar surface area (TPSA) is 100 Å². The molecule has 206 valence electrons. The first kappa shape index (κ1) is 25.8. The van der Waals surface area contributed by atoms with E-state index in [0.29, 0.717) is 0 Å². The van der Waals surface area contributed by atoms with E-state index in [-0.39, 0.29) is 66.4 Å². The van der Waals surface area contributed by atoms with Crippen LogP contribution in [0.2, 0.25) is 0 Å². The molecule has 0 aromatic heterocycles. The molecule has 1 fully saturated rings. The van der Waals surface area contributed by atoms with Gasteiger partial charge in [0.05, 0.1) is 24.7 Å². The number of fused-ring (bicyclic) bond motifs is 20. The van der Waals surface area contributed by atoms with E-state index in [1.807, 2.05) is 0 Å². The Hall–Kier alpha value is -2.92. The zero-order valence-electron chi connectivity index (χ0n) is 22.1. The Morgan fingerprint density at radius 1 is 0.317 bits per heavy atom. The SMILES string of the molecule is [Fe+2].c1ccc2c(c1)C1[N-]C2NC2NC(NC3[N-]C(NC4NC(N1)c1ccccc14)c1ccccc13)c1ccccc12. The van der Waals surface area contributed by atoms with Crippen LogP contribution in [-0.2, 0) is 17.1 Å². The van der Waals surface area contributed by atoms with Gasteiger partial charge in [-0.25, -0.2) is 0 Å². The van der Waals surface area contributed by atoms with Gasteiger partial charge >= 0.3 is 17.1 Å². The van der Waals surface area contributed by atoms with Crippen LogP contribution in [0.15, 0.2) is 97.1 Å². The first-order valence-corrected chi connectivity index (χ1v) is 14.1. The van der Waals surface area contributed by atoms with Crippen LogP contribution in [0.3, 0.4) is 0 Å². The predicted octanol–water partition coefficient (Wildman–Crippen LogP) is 5.13. The third-order valence-electron chi connectivity index (χ3n) is 8.97. The Morgan fingerprint density at radius 2 is 0.537 bits per heavy atom. The molecule has 41 heavy (non-hydrogen) atoms. The van der Waals surface area contributed by atoms with Gasteiger partial charge in [-0.15, -0.1) is 0 Å². The predicted molar refractivity (Wildman–Crippen MR) is 153 cm³/mol. The minimum absolute atomic E-state index is 0. The maximum Gasteiger partial charge on any atom is 2.00 e. The number of nitrogens with one attached hydrogen (secondary N) is 6. The molecule has 8 unspecified atom stereocenters. The van der Waals surface area contributed by atoms with Gasteiger partial charge in [0.25, 0.3) is 0 Å². The maximum absolute atomic E-state index is 5.28. The summed E-state index contributed by atoms with van der Waals surface area (Å²) in [5, 5.41) is 33.5. The molecule has 1 saturated heterocycles. The molecule has 8 nitrogen and oxygen atoms in total. The van der Waals surface area contributed by atoms with Crippen molar-refractivity contribution in [3.63, 3.8) is 0 Å². The summed E-state index contributed by atoms with van der Waals surface area (Å²) in [6.45, 7) is 0. The summed E-state index contributed by atoms with van der Waals surface area (Å²) in [6.07, 6.45) is -0.777. The first-order chi connectivity index (χ1) is 19.8. The van der Waals surface area contributed by atoms with Crippen LogP contribution in [0.4, 0.5) is 0 Å². The van der Waals surface area contributed by atoms with Crippen molar-refractivity contribution in [2.75, 3.05) is 0 Å². The summed E-state index contributed by atoms with van der Waals surface area (Å²) in [7, 11) is 0. The Labute approximate surface area is 249 Å². The summed E-state index contributed by atoms with van der Waals surface area (Å²) in [5.41, 5.74) is 9.81. The van der Waals surface area contributed by atoms with Crippen molar-refractivity contribution < 1.29 is 17.1 Å². The molecule has 9 rings (SSSR count). The van der Waals surface area contributed by atoms with Gasteiger partial charge in [0.15, 0.2) is 0 Å². The Balaban J connectivity index is 0.00000256. The summed E-state index contributed by atoms with van der Waals surface area (Å²) in [5.74, 6) is 0. The molecule has 0 spiro atoms. The molecule has 5 aliphatic rings. The molecule has 5 heterocycles. The van der Waals surface area contributed by atoms with Crippen LogP contribution in [0.1, 0.15) is 93.8 Å². The molecule has 6 N–H and O–H groups in total. The normalized spacial score (nSPS) is 32.4. The number of nitrogens with zero attached hydrogens (tertiary/aromatic N) is 2. The quantitative estimate of drug-likeness (QED) is 0.161. The summed E-state index contributed by atoms with van der Waals surface area (Å²) in [4.78, 5) is 0. The fourth-order valence-corrected chi connectivity index (χ4v) is 7.12. The third kappa shape index (κ3) is 4.13. The van der Waals surface area contributed by atoms with Gasteiger partial charge in [-0.3, -0.25) is 10.6 Å². The Kier molecular flexibility index (Phi) is 6.36. The van der Waals surface area contributed by atoms with Crippen LogP contribution < -0.4 is 31.9 Å². The van der Waals surface area contributed by atoms with E-state index in [0.717, 1.165) is 0 Å². The standard InChI is InChI=1S/C32H30N8.Fe/c1-2-10-18-17(9-1)25-33-26(18)38-28-21-13-5-6-14-22(21)30(35-28)40-32-24-16-8-7-15-23(24)31(36-32)39-29-20-12-4-3-11-19(20)27(34-29)37-25;/h1-16,25-33,36-40H;/q-2;+2. The molecular weight excluding hydrogens is 552 g/mol. The summed E-state index contributed by atoms with van der Waals surface area (Å²) >= 11 is 0. The van der Waals surface area contributed by atoms with Crippen molar-refractivity contribution in [2.45, 2.75) is 49.3 Å². The largest absolute Gasteiger partial charge is 2.00 e. The van der Waals surface area contributed by atoms with Crippen LogP contribution in [0.25, 0.3) is 10.6 Å². The molecule has 0 aliphatic carbocycles. The van der Waals surface area contributed by atoms with Crippen molar-refractivity contribution >= 4 is 0 Å². The monoisotopic (exact) mass is 582 g/mol. The third-order valence-corrected chi connectivity index (χ3v) is 8.97. The summed E-state index contributed by atoms with van der Waals surface area (Å²) in [6, 6.07) is 34.4. The van der Waals surface area contributed by atoms with Gasteiger partial charge < -0.3 is 31.9 Å². The number of hydrogen-bond donors (Lipinski definition) is 6. The van der Waals surface area contributed by atoms with E-state index in [2.05, 4.69) is 129 Å². The zero-order chi connectivity index (χ0) is 26.2. The molecule has 0 saturated carbocycles. The van der Waals surface area contributed by atoms with Gasteiger partial charge in [0.2, 0.25) is 0 Å². The molecule has 5 aliphatic heterocycles. The minimum Gasteiger partial charge on any atom is -0.624 e. The van der Waals surface area contributed by atoms with E-state index in [1.165, 1.54) is 44.5 Å². The van der Waals surface area contributed by atoms with E-state index in [1.54, 1.807) is 0 Å². The molecule has 4 aromatic carbocycles. The van der Waals surface area contributed by atoms with Gasteiger partial charge in [-0.2, -0.15) is 0 Å². The zero-order valence-corrected chi connectivity index (χ0v) is 23.2. The van der Waals surface area contributed by atoms with E-state index < -0.39 is 0 Å². The number of hydrogen-bond acceptors (Lipinski definition) is 6. The molecule has 0 amide bonds. The first-order valence-electron chi connectivity index (χ1n) is 14.1. The van der Waals surface area contributed by atoms with Gasteiger partial charge in [0, 0.05) is 0 Å². The Morgan fingerprint density at radius 3 is 0.780 bits per heavy atom. The Bertz CT molecular complexity index is 1270. The molecule has 0 radical (unpaired) electrons. The average molecular weight is 582 g/mol. The van der Waals surface area contributed by atoms with Crippen molar-refractivity contribution in [1.82, 2.24) is 31.9 Å². The number of benzene rings is 4. The van der Waals surface area contributed by atoms with Crippen LogP contribution in [-0.4, -0.2) is 0 Å². The molecule has 4 aromatic rings. The van der Waals surface area contributed by atoms with Crippen LogP contribution >= 0.6 is 0 Å².